The summed E-state index contributed by atoms with van der Waals surface area (Å²) < 4.78 is 11.1. The van der Waals surface area contributed by atoms with Crippen LogP contribution in [0.5, 0.6) is 11.5 Å². The SMILES string of the molecule is COc1cc(C=NN=C2NC(=O)CS2)cc(I)c1OCC(=O)O. The summed E-state index contributed by atoms with van der Waals surface area (Å²) in [5.41, 5.74) is 0.701. The lowest BCUT2D eigenvalue weighted by atomic mass is 10.2. The summed E-state index contributed by atoms with van der Waals surface area (Å²) in [4.78, 5) is 21.6. The number of amidine groups is 1. The number of rotatable bonds is 6. The van der Waals surface area contributed by atoms with Gasteiger partial charge in [0, 0.05) is 0 Å². The molecule has 1 aliphatic rings. The maximum atomic E-state index is 11.0. The van der Waals surface area contributed by atoms with Gasteiger partial charge in [0.15, 0.2) is 23.3 Å². The largest absolute Gasteiger partial charge is 0.493 e. The van der Waals surface area contributed by atoms with Crippen LogP contribution in [0, 0.1) is 3.57 Å². The Morgan fingerprint density at radius 2 is 2.35 bits per heavy atom. The van der Waals surface area contributed by atoms with Gasteiger partial charge in [-0.25, -0.2) is 4.79 Å². The zero-order valence-corrected chi connectivity index (χ0v) is 14.9. The first-order chi connectivity index (χ1) is 11.0. The quantitative estimate of drug-likeness (QED) is 0.385. The molecule has 1 heterocycles. The Hall–Kier alpha value is -1.82. The van der Waals surface area contributed by atoms with Gasteiger partial charge in [0.05, 0.1) is 22.6 Å². The number of benzene rings is 1. The number of carboxylic acids is 1. The molecule has 0 unspecified atom stereocenters. The van der Waals surface area contributed by atoms with Crippen molar-refractivity contribution in [3.8, 4) is 11.5 Å². The normalized spacial score (nSPS) is 15.9. The summed E-state index contributed by atoms with van der Waals surface area (Å²) >= 11 is 3.30. The van der Waals surface area contributed by atoms with Crippen molar-refractivity contribution in [1.82, 2.24) is 5.32 Å². The number of hydrogen-bond donors (Lipinski definition) is 2. The molecule has 0 spiro atoms. The predicted octanol–water partition coefficient (Wildman–Crippen LogP) is 1.32. The molecule has 1 aromatic carbocycles. The highest BCUT2D eigenvalue weighted by Crippen LogP contribution is 2.33. The maximum absolute atomic E-state index is 11.0. The van der Waals surface area contributed by atoms with Crippen molar-refractivity contribution >= 4 is 57.6 Å². The molecule has 122 valence electrons. The number of nitrogens with zero attached hydrogens (tertiary/aromatic N) is 2. The van der Waals surface area contributed by atoms with Crippen molar-refractivity contribution in [1.29, 1.82) is 0 Å². The third-order valence-electron chi connectivity index (χ3n) is 2.53. The van der Waals surface area contributed by atoms with E-state index < -0.39 is 12.6 Å². The summed E-state index contributed by atoms with van der Waals surface area (Å²) in [5, 5.41) is 19.5. The highest BCUT2D eigenvalue weighted by molar-refractivity contribution is 14.1. The van der Waals surface area contributed by atoms with Gasteiger partial charge in [-0.3, -0.25) is 4.79 Å². The van der Waals surface area contributed by atoms with Crippen LogP contribution in [0.25, 0.3) is 0 Å². The van der Waals surface area contributed by atoms with Gasteiger partial charge in [-0.15, -0.1) is 5.10 Å². The molecular formula is C13H12IN3O5S. The molecule has 1 aliphatic heterocycles. The Morgan fingerprint density at radius 3 is 2.96 bits per heavy atom. The number of thioether (sulfide) groups is 1. The molecule has 2 N–H and O–H groups in total. The van der Waals surface area contributed by atoms with Gasteiger partial charge >= 0.3 is 5.97 Å². The average molecular weight is 449 g/mol. The number of ether oxygens (including phenoxy) is 2. The van der Waals surface area contributed by atoms with Crippen LogP contribution in [0.2, 0.25) is 0 Å². The Bertz CT molecular complexity index is 692. The van der Waals surface area contributed by atoms with Crippen molar-refractivity contribution in [2.75, 3.05) is 19.5 Å². The number of nitrogens with one attached hydrogen (secondary N) is 1. The lowest BCUT2D eigenvalue weighted by Gasteiger charge is -2.11. The zero-order chi connectivity index (χ0) is 16.8. The first kappa shape index (κ1) is 17.5. The first-order valence-corrected chi connectivity index (χ1v) is 8.32. The van der Waals surface area contributed by atoms with E-state index in [0.717, 1.165) is 0 Å². The second-order valence-corrected chi connectivity index (χ2v) is 6.33. The number of amides is 1. The fourth-order valence-corrected chi connectivity index (χ4v) is 3.03. The molecule has 0 saturated carbocycles. The molecule has 1 saturated heterocycles. The molecule has 8 nitrogen and oxygen atoms in total. The van der Waals surface area contributed by atoms with E-state index in [4.69, 9.17) is 14.6 Å². The third-order valence-corrected chi connectivity index (χ3v) is 4.20. The van der Waals surface area contributed by atoms with Gasteiger partial charge < -0.3 is 19.9 Å². The summed E-state index contributed by atoms with van der Waals surface area (Å²) in [5.74, 6) is -0.0655. The van der Waals surface area contributed by atoms with Crippen molar-refractivity contribution < 1.29 is 24.2 Å². The number of carbonyl (C=O) groups excluding carboxylic acids is 1. The second kappa shape index (κ2) is 8.15. The molecule has 10 heteroatoms. The minimum Gasteiger partial charge on any atom is -0.493 e. The standard InChI is InChI=1S/C13H12IN3O5S/c1-21-9-3-7(2-8(14)12(9)22-5-11(19)20)4-15-17-13-16-10(18)6-23-13/h2-4H,5-6H2,1H3,(H,19,20)(H,16,17,18). The first-order valence-electron chi connectivity index (χ1n) is 6.25. The summed E-state index contributed by atoms with van der Waals surface area (Å²) in [7, 11) is 1.46. The van der Waals surface area contributed by atoms with Gasteiger partial charge in [-0.05, 0) is 40.3 Å². The van der Waals surface area contributed by atoms with E-state index in [1.165, 1.54) is 25.1 Å². The average Bonchev–Trinajstić information content (AvgIpc) is 2.91. The summed E-state index contributed by atoms with van der Waals surface area (Å²) in [6.45, 7) is -0.454. The van der Waals surface area contributed by atoms with E-state index in [9.17, 15) is 9.59 Å². The molecule has 0 aromatic heterocycles. The van der Waals surface area contributed by atoms with Crippen molar-refractivity contribution in [3.63, 3.8) is 0 Å². The Labute approximate surface area is 149 Å². The van der Waals surface area contributed by atoms with Gasteiger partial charge in [-0.1, -0.05) is 11.8 Å². The lowest BCUT2D eigenvalue weighted by molar-refractivity contribution is -0.139. The van der Waals surface area contributed by atoms with E-state index >= 15 is 0 Å². The van der Waals surface area contributed by atoms with Crippen LogP contribution in [0.1, 0.15) is 5.56 Å². The Kier molecular flexibility index (Phi) is 6.21. The van der Waals surface area contributed by atoms with Crippen LogP contribution in [-0.2, 0) is 9.59 Å². The highest BCUT2D eigenvalue weighted by atomic mass is 127. The fourth-order valence-electron chi connectivity index (χ4n) is 1.62. The Balaban J connectivity index is 2.15. The summed E-state index contributed by atoms with van der Waals surface area (Å²) in [6, 6.07) is 3.41. The third kappa shape index (κ3) is 5.10. The molecule has 0 bridgehead atoms. The number of carboxylic acid groups (broad SMARTS) is 1. The fraction of sp³-hybridized carbons (Fsp3) is 0.231. The van der Waals surface area contributed by atoms with Crippen LogP contribution < -0.4 is 14.8 Å². The van der Waals surface area contributed by atoms with E-state index in [1.807, 2.05) is 22.6 Å². The van der Waals surface area contributed by atoms with Crippen LogP contribution in [0.3, 0.4) is 0 Å². The molecule has 0 radical (unpaired) electrons. The molecule has 1 amide bonds. The van der Waals surface area contributed by atoms with Crippen molar-refractivity contribution in [2.45, 2.75) is 0 Å². The number of aliphatic carboxylic acids is 1. The van der Waals surface area contributed by atoms with E-state index in [0.29, 0.717) is 31.6 Å². The maximum Gasteiger partial charge on any atom is 0.341 e. The smallest absolute Gasteiger partial charge is 0.341 e. The number of halogens is 1. The van der Waals surface area contributed by atoms with Crippen LogP contribution in [-0.4, -0.2) is 47.8 Å². The molecule has 1 aromatic rings. The second-order valence-electron chi connectivity index (χ2n) is 4.20. The highest BCUT2D eigenvalue weighted by Gasteiger charge is 2.16. The summed E-state index contributed by atoms with van der Waals surface area (Å²) in [6.07, 6.45) is 1.50. The van der Waals surface area contributed by atoms with Gasteiger partial charge in [0.1, 0.15) is 0 Å². The van der Waals surface area contributed by atoms with Crippen molar-refractivity contribution in [3.05, 3.63) is 21.3 Å². The van der Waals surface area contributed by atoms with Crippen molar-refractivity contribution in [2.24, 2.45) is 10.2 Å². The molecule has 0 atom stereocenters. The van der Waals surface area contributed by atoms with Gasteiger partial charge in [-0.2, -0.15) is 5.10 Å². The molecule has 2 rings (SSSR count). The minimum absolute atomic E-state index is 0.0971. The van der Waals surface area contributed by atoms with E-state index in [1.54, 1.807) is 12.1 Å². The lowest BCUT2D eigenvalue weighted by Crippen LogP contribution is -2.19. The van der Waals surface area contributed by atoms with Crippen LogP contribution in [0.15, 0.2) is 22.3 Å². The van der Waals surface area contributed by atoms with E-state index in [-0.39, 0.29) is 5.91 Å². The van der Waals surface area contributed by atoms with Gasteiger partial charge in [0.25, 0.3) is 0 Å². The number of carbonyl (C=O) groups is 2. The predicted molar refractivity (Wildman–Crippen MR) is 94.5 cm³/mol. The monoisotopic (exact) mass is 449 g/mol. The molecule has 1 fully saturated rings. The molecular weight excluding hydrogens is 437 g/mol. The van der Waals surface area contributed by atoms with Crippen LogP contribution >= 0.6 is 34.4 Å². The zero-order valence-electron chi connectivity index (χ0n) is 11.9. The van der Waals surface area contributed by atoms with E-state index in [2.05, 4.69) is 15.5 Å². The topological polar surface area (TPSA) is 110 Å². The number of hydrogen-bond acceptors (Lipinski definition) is 7. The minimum atomic E-state index is -1.07. The van der Waals surface area contributed by atoms with Gasteiger partial charge in [0.2, 0.25) is 5.91 Å². The Morgan fingerprint density at radius 1 is 1.57 bits per heavy atom. The van der Waals surface area contributed by atoms with Crippen LogP contribution in [0.4, 0.5) is 0 Å². The molecule has 0 aliphatic carbocycles. The molecule has 23 heavy (non-hydrogen) atoms. The number of methoxy groups -OCH3 is 1.